The van der Waals surface area contributed by atoms with Gasteiger partial charge in [0.15, 0.2) is 0 Å². The van der Waals surface area contributed by atoms with Gasteiger partial charge in [0.2, 0.25) is 11.8 Å². The molecule has 68 heavy (non-hydrogen) atoms. The van der Waals surface area contributed by atoms with Crippen LogP contribution in [0.3, 0.4) is 0 Å². The van der Waals surface area contributed by atoms with E-state index in [9.17, 15) is 19.8 Å². The van der Waals surface area contributed by atoms with Crippen LogP contribution in [-0.2, 0) is 56.8 Å². The van der Waals surface area contributed by atoms with Crippen LogP contribution in [0, 0.1) is 23.7 Å². The molecular formula is C56H74N6O6. The van der Waals surface area contributed by atoms with Gasteiger partial charge in [-0.05, 0) is 182 Å². The van der Waals surface area contributed by atoms with Crippen molar-refractivity contribution in [2.24, 2.45) is 37.8 Å². The van der Waals surface area contributed by atoms with E-state index < -0.39 is 0 Å². The fourth-order valence-electron chi connectivity index (χ4n) is 16.3. The Labute approximate surface area is 402 Å². The van der Waals surface area contributed by atoms with Crippen LogP contribution in [-0.4, -0.2) is 104 Å². The Morgan fingerprint density at radius 2 is 1.18 bits per heavy atom. The third-order valence-electron chi connectivity index (χ3n) is 19.0. The first-order valence-electron chi connectivity index (χ1n) is 26.3. The number of amides is 2. The van der Waals surface area contributed by atoms with E-state index in [-0.39, 0.29) is 22.6 Å². The second kappa shape index (κ2) is 18.2. The Hall–Kier alpha value is -4.68. The lowest BCUT2D eigenvalue weighted by Crippen LogP contribution is -2.45. The molecule has 2 aliphatic heterocycles. The highest BCUT2D eigenvalue weighted by atomic mass is 16.5. The minimum absolute atomic E-state index is 0.116. The summed E-state index contributed by atoms with van der Waals surface area (Å²) in [4.78, 5) is 29.5. The Morgan fingerprint density at radius 1 is 0.676 bits per heavy atom. The zero-order valence-corrected chi connectivity index (χ0v) is 41.0. The smallest absolute Gasteiger partial charge is 0.222 e. The number of carbonyl (C=O) groups is 2. The lowest BCUT2D eigenvalue weighted by Gasteiger charge is -2.51. The molecule has 0 bridgehead atoms. The van der Waals surface area contributed by atoms with Gasteiger partial charge in [-0.15, -0.1) is 0 Å². The topological polar surface area (TPSA) is 135 Å². The molecule has 0 spiro atoms. The number of aromatic nitrogens is 4. The maximum absolute atomic E-state index is 12.8. The van der Waals surface area contributed by atoms with Gasteiger partial charge in [0.25, 0.3) is 0 Å². The van der Waals surface area contributed by atoms with Crippen molar-refractivity contribution in [1.82, 2.24) is 29.4 Å². The Kier molecular flexibility index (Phi) is 12.3. The Balaban J connectivity index is 0.000000149. The van der Waals surface area contributed by atoms with E-state index in [1.165, 1.54) is 76.9 Å². The number of fused-ring (bicyclic) bond motifs is 14. The molecule has 4 fully saturated rings. The lowest BCUT2D eigenvalue weighted by atomic mass is 9.53. The fraction of sp³-hybridized carbons (Fsp3) is 0.643. The molecule has 6 aliphatic carbocycles. The number of aryl methyl sites for hydroxylation is 4. The maximum atomic E-state index is 12.8. The summed E-state index contributed by atoms with van der Waals surface area (Å²) in [7, 11) is 4.15. The summed E-state index contributed by atoms with van der Waals surface area (Å²) in [5.74, 6) is 5.86. The fourth-order valence-corrected chi connectivity index (χ4v) is 16.3. The maximum Gasteiger partial charge on any atom is 0.222 e. The van der Waals surface area contributed by atoms with Crippen molar-refractivity contribution in [1.29, 1.82) is 0 Å². The normalized spacial score (nSPS) is 32.0. The highest BCUT2D eigenvalue weighted by molar-refractivity contribution is 5.76. The van der Waals surface area contributed by atoms with Crippen LogP contribution in [0.2, 0.25) is 0 Å². The predicted octanol–water partition coefficient (Wildman–Crippen LogP) is 8.53. The lowest BCUT2D eigenvalue weighted by molar-refractivity contribution is -0.136. The number of ether oxygens (including phenoxy) is 2. The molecule has 2 aromatic carbocycles. The molecule has 0 radical (unpaired) electrons. The minimum Gasteiger partial charge on any atom is -0.508 e. The summed E-state index contributed by atoms with van der Waals surface area (Å²) in [5.41, 5.74) is 11.5. The van der Waals surface area contributed by atoms with Crippen LogP contribution < -0.4 is 0 Å². The molecule has 2 saturated heterocycles. The molecule has 12 heteroatoms. The largest absolute Gasteiger partial charge is 0.508 e. The number of hydrogen-bond donors (Lipinski definition) is 2. The number of phenols is 2. The van der Waals surface area contributed by atoms with Crippen molar-refractivity contribution in [3.63, 3.8) is 0 Å². The standard InChI is InChI=1S/2C28H37N3O3/c1-28-11-10-21-20-9-7-19(32)16-18(20)6-8-23(21)26(28)22(24-17-30(2)29-27(24)28)4-3-5-25(33)31-12-14-34-15-13-31;1-28-11-10-21-20-9-7-19(32)16-18(20)6-8-23(21)26(28)22(24-17-29-30(2)27(24)28)4-3-5-25(33)31-12-14-34-15-13-31/h2*7,9,16-17,21-23,26,32H,3-6,8,10-15H2,1-2H3/t2*21-,22-,23-,26+,28+/m11/s1. The van der Waals surface area contributed by atoms with E-state index in [0.717, 1.165) is 71.1 Å². The van der Waals surface area contributed by atoms with Crippen molar-refractivity contribution in [2.45, 2.75) is 138 Å². The van der Waals surface area contributed by atoms with Gasteiger partial charge < -0.3 is 29.5 Å². The van der Waals surface area contributed by atoms with Gasteiger partial charge >= 0.3 is 0 Å². The van der Waals surface area contributed by atoms with Gasteiger partial charge in [-0.2, -0.15) is 10.2 Å². The predicted molar refractivity (Wildman–Crippen MR) is 260 cm³/mol. The van der Waals surface area contributed by atoms with Crippen molar-refractivity contribution in [3.8, 4) is 11.5 Å². The number of carbonyl (C=O) groups excluding carboxylic acids is 2. The molecule has 4 heterocycles. The van der Waals surface area contributed by atoms with Crippen molar-refractivity contribution in [3.05, 3.63) is 93.6 Å². The first-order chi connectivity index (χ1) is 32.9. The number of phenolic OH excluding ortho intramolecular Hbond substituents is 2. The van der Waals surface area contributed by atoms with Gasteiger partial charge in [0.05, 0.1) is 38.3 Å². The molecule has 12 nitrogen and oxygen atoms in total. The zero-order valence-electron chi connectivity index (χ0n) is 41.0. The van der Waals surface area contributed by atoms with Crippen LogP contribution in [0.15, 0.2) is 48.8 Å². The van der Waals surface area contributed by atoms with E-state index in [2.05, 4.69) is 50.1 Å². The molecular weight excluding hydrogens is 853 g/mol. The first-order valence-corrected chi connectivity index (χ1v) is 26.3. The third kappa shape index (κ3) is 7.88. The molecule has 2 N–H and O–H groups in total. The number of benzene rings is 2. The number of hydrogen-bond acceptors (Lipinski definition) is 8. The van der Waals surface area contributed by atoms with Gasteiger partial charge in [-0.25, -0.2) is 0 Å². The van der Waals surface area contributed by atoms with Crippen LogP contribution in [0.1, 0.15) is 159 Å². The van der Waals surface area contributed by atoms with Gasteiger partial charge in [0, 0.05) is 75.8 Å². The van der Waals surface area contributed by atoms with E-state index >= 15 is 0 Å². The number of nitrogens with zero attached hydrogens (tertiary/aromatic N) is 6. The molecule has 2 aromatic heterocycles. The number of morpholine rings is 2. The minimum atomic E-state index is 0.116. The van der Waals surface area contributed by atoms with E-state index in [4.69, 9.17) is 19.7 Å². The quantitative estimate of drug-likeness (QED) is 0.180. The second-order valence-corrected chi connectivity index (χ2v) is 22.5. The van der Waals surface area contributed by atoms with Gasteiger partial charge in [-0.3, -0.25) is 19.0 Å². The Morgan fingerprint density at radius 3 is 1.72 bits per heavy atom. The summed E-state index contributed by atoms with van der Waals surface area (Å²) >= 11 is 0. The molecule has 8 aliphatic rings. The van der Waals surface area contributed by atoms with Crippen LogP contribution >= 0.6 is 0 Å². The van der Waals surface area contributed by atoms with Crippen molar-refractivity contribution in [2.75, 3.05) is 52.6 Å². The Bertz CT molecular complexity index is 2480. The van der Waals surface area contributed by atoms with E-state index in [1.807, 2.05) is 45.8 Å². The molecule has 364 valence electrons. The average molecular weight is 927 g/mol. The number of rotatable bonds is 8. The van der Waals surface area contributed by atoms with Crippen LogP contribution in [0.4, 0.5) is 0 Å². The summed E-state index contributed by atoms with van der Waals surface area (Å²) in [5, 5.41) is 29.7. The third-order valence-corrected chi connectivity index (χ3v) is 19.0. The number of aromatic hydroxyl groups is 2. The molecule has 0 unspecified atom stereocenters. The zero-order chi connectivity index (χ0) is 46.9. The summed E-state index contributed by atoms with van der Waals surface area (Å²) < 4.78 is 15.0. The molecule has 4 aromatic rings. The van der Waals surface area contributed by atoms with Crippen molar-refractivity contribution < 1.29 is 29.3 Å². The summed E-state index contributed by atoms with van der Waals surface area (Å²) in [6, 6.07) is 12.1. The van der Waals surface area contributed by atoms with Gasteiger partial charge in [0.1, 0.15) is 11.5 Å². The van der Waals surface area contributed by atoms with E-state index in [0.29, 0.717) is 98.1 Å². The van der Waals surface area contributed by atoms with Crippen LogP contribution in [0.5, 0.6) is 11.5 Å². The summed E-state index contributed by atoms with van der Waals surface area (Å²) in [6.07, 6.45) is 18.8. The van der Waals surface area contributed by atoms with E-state index in [1.54, 1.807) is 0 Å². The molecule has 10 atom stereocenters. The van der Waals surface area contributed by atoms with Crippen LogP contribution in [0.25, 0.3) is 0 Å². The SMILES string of the molecule is Cn1cc2c(n1)[C@@]1(C)CC[C@@H]3c4ccc(O)cc4CC[C@H]3[C@@H]1[C@@H]2CCCC(=O)N1CCOCC1.Cn1ncc2c1[C@@]1(C)CC[C@@H]3c4ccc(O)cc4CC[C@H]3[C@@H]1[C@@H]2CCCC(=O)N1CCOCC1. The van der Waals surface area contributed by atoms with Crippen molar-refractivity contribution >= 4 is 11.8 Å². The highest BCUT2D eigenvalue weighted by Crippen LogP contribution is 2.66. The first kappa shape index (κ1) is 45.7. The second-order valence-electron chi connectivity index (χ2n) is 22.5. The average Bonchev–Trinajstić information content (AvgIpc) is 4.07. The summed E-state index contributed by atoms with van der Waals surface area (Å²) in [6.45, 7) is 10.5. The molecule has 2 saturated carbocycles. The monoisotopic (exact) mass is 927 g/mol. The highest BCUT2D eigenvalue weighted by Gasteiger charge is 2.60. The molecule has 2 amide bonds. The van der Waals surface area contributed by atoms with Gasteiger partial charge in [-0.1, -0.05) is 26.0 Å². The molecule has 12 rings (SSSR count).